The van der Waals surface area contributed by atoms with Gasteiger partial charge in [0.15, 0.2) is 11.6 Å². The summed E-state index contributed by atoms with van der Waals surface area (Å²) in [7, 11) is 0. The van der Waals surface area contributed by atoms with Crippen LogP contribution in [0.5, 0.6) is 0 Å². The van der Waals surface area contributed by atoms with Crippen molar-refractivity contribution in [3.8, 4) is 0 Å². The normalized spacial score (nSPS) is 10.4. The highest BCUT2D eigenvalue weighted by molar-refractivity contribution is 6.30. The van der Waals surface area contributed by atoms with Crippen molar-refractivity contribution in [2.75, 3.05) is 23.0 Å². The van der Waals surface area contributed by atoms with Crippen molar-refractivity contribution in [1.29, 1.82) is 0 Å². The van der Waals surface area contributed by atoms with Crippen LogP contribution in [0, 0.1) is 6.92 Å². The van der Waals surface area contributed by atoms with Gasteiger partial charge in [-0.1, -0.05) is 29.8 Å². The van der Waals surface area contributed by atoms with E-state index < -0.39 is 5.97 Å². The molecule has 1 heterocycles. The fourth-order valence-electron chi connectivity index (χ4n) is 2.56. The fourth-order valence-corrected chi connectivity index (χ4v) is 2.73. The number of nitrogens with one attached hydrogen (secondary N) is 2. The summed E-state index contributed by atoms with van der Waals surface area (Å²) in [6, 6.07) is 12.5. The number of ether oxygens (including phenoxy) is 1. The van der Waals surface area contributed by atoms with E-state index in [1.54, 1.807) is 37.3 Å². The van der Waals surface area contributed by atoms with Gasteiger partial charge < -0.3 is 21.1 Å². The molecule has 0 fully saturated rings. The summed E-state index contributed by atoms with van der Waals surface area (Å²) in [5.74, 6) is 0.372. The number of benzene rings is 2. The summed E-state index contributed by atoms with van der Waals surface area (Å²) in [6.45, 7) is 3.99. The highest BCUT2D eigenvalue weighted by Gasteiger charge is 2.15. The number of carbonyl (C=O) groups excluding carboxylic acids is 1. The van der Waals surface area contributed by atoms with E-state index in [1.165, 1.54) is 6.33 Å². The van der Waals surface area contributed by atoms with E-state index in [0.717, 1.165) is 11.3 Å². The Kier molecular flexibility index (Phi) is 5.96. The minimum absolute atomic E-state index is 0.288. The van der Waals surface area contributed by atoms with Crippen molar-refractivity contribution in [3.05, 3.63) is 64.9 Å². The van der Waals surface area contributed by atoms with Crippen LogP contribution in [0.15, 0.2) is 48.8 Å². The Bertz CT molecular complexity index is 1010. The van der Waals surface area contributed by atoms with Gasteiger partial charge in [0.1, 0.15) is 12.0 Å². The number of hydrogen-bond acceptors (Lipinski definition) is 7. The molecule has 3 aromatic rings. The number of halogens is 1. The lowest BCUT2D eigenvalue weighted by molar-refractivity contribution is 0.0527. The molecular formula is C20H20ClN5O2. The zero-order valence-electron chi connectivity index (χ0n) is 15.5. The molecule has 0 saturated carbocycles. The van der Waals surface area contributed by atoms with E-state index in [0.29, 0.717) is 33.6 Å². The number of carbonyl (C=O) groups is 1. The number of esters is 1. The molecular weight excluding hydrogens is 378 g/mol. The van der Waals surface area contributed by atoms with Gasteiger partial charge in [-0.15, -0.1) is 0 Å². The molecule has 144 valence electrons. The van der Waals surface area contributed by atoms with E-state index in [2.05, 4.69) is 20.6 Å². The van der Waals surface area contributed by atoms with E-state index in [9.17, 15) is 4.79 Å². The Hall–Kier alpha value is -3.32. The minimum Gasteiger partial charge on any atom is -0.462 e. The van der Waals surface area contributed by atoms with Crippen LogP contribution < -0.4 is 16.4 Å². The highest BCUT2D eigenvalue weighted by atomic mass is 35.5. The third-order valence-corrected chi connectivity index (χ3v) is 4.25. The SMILES string of the molecule is CCOC(=O)c1ccccc1Nc1ncnc(Nc2cc(Cl)ccc2C)c1N. The first-order valence-corrected chi connectivity index (χ1v) is 9.04. The van der Waals surface area contributed by atoms with Gasteiger partial charge in [0.25, 0.3) is 0 Å². The second-order valence-electron chi connectivity index (χ2n) is 5.96. The van der Waals surface area contributed by atoms with Crippen molar-refractivity contribution in [3.63, 3.8) is 0 Å². The summed E-state index contributed by atoms with van der Waals surface area (Å²) < 4.78 is 5.10. The van der Waals surface area contributed by atoms with Crippen molar-refractivity contribution >= 4 is 46.3 Å². The average Bonchev–Trinajstić information content (AvgIpc) is 2.68. The second-order valence-corrected chi connectivity index (χ2v) is 6.40. The number of aromatic nitrogens is 2. The van der Waals surface area contributed by atoms with Gasteiger partial charge in [-0.25, -0.2) is 14.8 Å². The van der Waals surface area contributed by atoms with Gasteiger partial charge in [-0.3, -0.25) is 0 Å². The maximum Gasteiger partial charge on any atom is 0.340 e. The average molecular weight is 398 g/mol. The van der Waals surface area contributed by atoms with Crippen molar-refractivity contribution in [2.45, 2.75) is 13.8 Å². The van der Waals surface area contributed by atoms with E-state index >= 15 is 0 Å². The van der Waals surface area contributed by atoms with Crippen molar-refractivity contribution in [1.82, 2.24) is 9.97 Å². The number of nitrogen functional groups attached to an aromatic ring is 1. The van der Waals surface area contributed by atoms with Crippen LogP contribution in [0.3, 0.4) is 0 Å². The molecule has 0 bridgehead atoms. The lowest BCUT2D eigenvalue weighted by atomic mass is 10.1. The monoisotopic (exact) mass is 397 g/mol. The molecule has 2 aromatic carbocycles. The molecule has 3 rings (SSSR count). The fraction of sp³-hybridized carbons (Fsp3) is 0.150. The van der Waals surface area contributed by atoms with Gasteiger partial charge in [-0.2, -0.15) is 0 Å². The Labute approximate surface area is 167 Å². The standard InChI is InChI=1S/C20H20ClN5O2/c1-3-28-20(27)14-6-4-5-7-15(14)25-18-17(22)19(24-11-23-18)26-16-10-13(21)9-8-12(16)2/h4-11H,3,22H2,1-2H3,(H2,23,24,25,26). The first kappa shape index (κ1) is 19.4. The molecule has 0 aliphatic carbocycles. The molecule has 0 atom stereocenters. The van der Waals surface area contributed by atoms with Crippen molar-refractivity contribution in [2.24, 2.45) is 0 Å². The van der Waals surface area contributed by atoms with Crippen LogP contribution in [0.25, 0.3) is 0 Å². The molecule has 7 nitrogen and oxygen atoms in total. The van der Waals surface area contributed by atoms with Crippen LogP contribution in [-0.2, 0) is 4.74 Å². The molecule has 0 radical (unpaired) electrons. The zero-order chi connectivity index (χ0) is 20.1. The number of hydrogen-bond donors (Lipinski definition) is 3. The molecule has 0 saturated heterocycles. The lowest BCUT2D eigenvalue weighted by Crippen LogP contribution is -2.10. The molecule has 0 aliphatic rings. The van der Waals surface area contributed by atoms with Gasteiger partial charge in [-0.05, 0) is 43.7 Å². The first-order chi connectivity index (χ1) is 13.5. The second kappa shape index (κ2) is 8.58. The maximum atomic E-state index is 12.2. The van der Waals surface area contributed by atoms with Gasteiger partial charge in [0.2, 0.25) is 0 Å². The smallest absolute Gasteiger partial charge is 0.340 e. The molecule has 0 unspecified atom stereocenters. The molecule has 0 amide bonds. The number of rotatable bonds is 6. The van der Waals surface area contributed by atoms with Crippen LogP contribution in [-0.4, -0.2) is 22.5 Å². The summed E-state index contributed by atoms with van der Waals surface area (Å²) >= 11 is 6.07. The predicted octanol–water partition coefficient (Wildman–Crippen LogP) is 4.68. The minimum atomic E-state index is -0.425. The lowest BCUT2D eigenvalue weighted by Gasteiger charge is -2.15. The van der Waals surface area contributed by atoms with Gasteiger partial charge >= 0.3 is 5.97 Å². The zero-order valence-corrected chi connectivity index (χ0v) is 16.2. The molecule has 8 heteroatoms. The Balaban J connectivity index is 1.90. The summed E-state index contributed by atoms with van der Waals surface area (Å²) in [4.78, 5) is 20.6. The first-order valence-electron chi connectivity index (χ1n) is 8.66. The molecule has 0 aliphatic heterocycles. The van der Waals surface area contributed by atoms with Crippen LogP contribution in [0.2, 0.25) is 5.02 Å². The third-order valence-electron chi connectivity index (χ3n) is 4.01. The number of nitrogens with zero attached hydrogens (tertiary/aromatic N) is 2. The van der Waals surface area contributed by atoms with Crippen LogP contribution in [0.4, 0.5) is 28.7 Å². The number of aryl methyl sites for hydroxylation is 1. The number of nitrogens with two attached hydrogens (primary N) is 1. The predicted molar refractivity (Wildman–Crippen MR) is 112 cm³/mol. The van der Waals surface area contributed by atoms with E-state index in [4.69, 9.17) is 22.1 Å². The van der Waals surface area contributed by atoms with Crippen LogP contribution >= 0.6 is 11.6 Å². The summed E-state index contributed by atoms with van der Waals surface area (Å²) in [5, 5.41) is 6.86. The number of anilines is 5. The third kappa shape index (κ3) is 4.32. The quantitative estimate of drug-likeness (QED) is 0.518. The summed E-state index contributed by atoms with van der Waals surface area (Å²) in [5.41, 5.74) is 9.27. The number of para-hydroxylation sites is 1. The Morgan fingerprint density at radius 1 is 1.11 bits per heavy atom. The Morgan fingerprint density at radius 3 is 2.50 bits per heavy atom. The summed E-state index contributed by atoms with van der Waals surface area (Å²) in [6.07, 6.45) is 1.38. The topological polar surface area (TPSA) is 102 Å². The molecule has 28 heavy (non-hydrogen) atoms. The van der Waals surface area contributed by atoms with E-state index in [-0.39, 0.29) is 6.61 Å². The van der Waals surface area contributed by atoms with E-state index in [1.807, 2.05) is 19.1 Å². The van der Waals surface area contributed by atoms with Crippen LogP contribution in [0.1, 0.15) is 22.8 Å². The largest absolute Gasteiger partial charge is 0.462 e. The highest BCUT2D eigenvalue weighted by Crippen LogP contribution is 2.31. The van der Waals surface area contributed by atoms with Gasteiger partial charge in [0.05, 0.1) is 17.9 Å². The molecule has 0 spiro atoms. The van der Waals surface area contributed by atoms with Gasteiger partial charge in [0, 0.05) is 10.7 Å². The Morgan fingerprint density at radius 2 is 1.79 bits per heavy atom. The maximum absolute atomic E-state index is 12.2. The van der Waals surface area contributed by atoms with Crippen molar-refractivity contribution < 1.29 is 9.53 Å². The molecule has 1 aromatic heterocycles. The molecule has 4 N–H and O–H groups in total.